The van der Waals surface area contributed by atoms with Gasteiger partial charge in [0.2, 0.25) is 5.76 Å². The summed E-state index contributed by atoms with van der Waals surface area (Å²) in [6, 6.07) is 12.2. The number of nitriles is 1. The Morgan fingerprint density at radius 3 is 2.37 bits per heavy atom. The molecular formula is C23H24N2O5. The summed E-state index contributed by atoms with van der Waals surface area (Å²) in [6.07, 6.45) is 4.10. The van der Waals surface area contributed by atoms with Gasteiger partial charge in [-0.15, -0.1) is 0 Å². The summed E-state index contributed by atoms with van der Waals surface area (Å²) in [7, 11) is 1.58. The molecular weight excluding hydrogens is 384 g/mol. The molecule has 0 radical (unpaired) electrons. The summed E-state index contributed by atoms with van der Waals surface area (Å²) >= 11 is 0. The van der Waals surface area contributed by atoms with Crippen LogP contribution in [-0.2, 0) is 9.53 Å². The van der Waals surface area contributed by atoms with Crippen molar-refractivity contribution >= 4 is 17.7 Å². The molecule has 7 nitrogen and oxygen atoms in total. The lowest BCUT2D eigenvalue weighted by molar-refractivity contribution is -0.138. The van der Waals surface area contributed by atoms with Crippen molar-refractivity contribution in [2.45, 2.75) is 44.6 Å². The lowest BCUT2D eigenvalue weighted by Gasteiger charge is -2.38. The van der Waals surface area contributed by atoms with Gasteiger partial charge in [-0.25, -0.2) is 4.79 Å². The Morgan fingerprint density at radius 1 is 1.10 bits per heavy atom. The number of ether oxygens (including phenoxy) is 1. The highest BCUT2D eigenvalue weighted by atomic mass is 16.5. The summed E-state index contributed by atoms with van der Waals surface area (Å²) in [5, 5.41) is 9.59. The fourth-order valence-electron chi connectivity index (χ4n) is 3.66. The Balaban J connectivity index is 1.61. The predicted octanol–water partition coefficient (Wildman–Crippen LogP) is 3.99. The third-order valence-electron chi connectivity index (χ3n) is 5.61. The van der Waals surface area contributed by atoms with Gasteiger partial charge in [0.15, 0.2) is 12.4 Å². The average molecular weight is 408 g/mol. The van der Waals surface area contributed by atoms with E-state index in [9.17, 15) is 19.6 Å². The molecule has 1 heterocycles. The first-order chi connectivity index (χ1) is 14.4. The van der Waals surface area contributed by atoms with Crippen LogP contribution in [-0.4, -0.2) is 41.8 Å². The van der Waals surface area contributed by atoms with Crippen molar-refractivity contribution in [2.24, 2.45) is 0 Å². The van der Waals surface area contributed by atoms with Gasteiger partial charge in [0, 0.05) is 18.2 Å². The minimum absolute atomic E-state index is 0.0243. The van der Waals surface area contributed by atoms with Crippen LogP contribution in [0.25, 0.3) is 11.3 Å². The van der Waals surface area contributed by atoms with Gasteiger partial charge >= 0.3 is 5.97 Å². The van der Waals surface area contributed by atoms with Gasteiger partial charge in [0.25, 0.3) is 5.91 Å². The predicted molar refractivity (Wildman–Crippen MR) is 109 cm³/mol. The summed E-state index contributed by atoms with van der Waals surface area (Å²) in [6.45, 7) is 1.03. The standard InChI is InChI=1S/C23H24N2O5/c1-16(26)17-6-8-18(9-7-17)19-10-11-20(30-19)22(28)29-14-21(27)25(2)23(15-24)12-4-3-5-13-23/h6-11H,3-5,12-14H2,1-2H3. The van der Waals surface area contributed by atoms with Crippen LogP contribution in [0.1, 0.15) is 59.9 Å². The van der Waals surface area contributed by atoms with E-state index in [0.717, 1.165) is 19.3 Å². The zero-order valence-electron chi connectivity index (χ0n) is 17.1. The first-order valence-electron chi connectivity index (χ1n) is 9.92. The van der Waals surface area contributed by atoms with Crippen LogP contribution in [0.2, 0.25) is 0 Å². The highest BCUT2D eigenvalue weighted by Crippen LogP contribution is 2.32. The highest BCUT2D eigenvalue weighted by molar-refractivity contribution is 5.94. The van der Waals surface area contributed by atoms with Crippen molar-refractivity contribution in [1.82, 2.24) is 4.90 Å². The molecule has 1 aliphatic rings. The molecule has 3 rings (SSSR count). The van der Waals surface area contributed by atoms with Crippen molar-refractivity contribution < 1.29 is 23.5 Å². The number of Topliss-reactive ketones (excluding diaryl/α,β-unsaturated/α-hetero) is 1. The van der Waals surface area contributed by atoms with E-state index in [1.54, 1.807) is 37.4 Å². The van der Waals surface area contributed by atoms with Gasteiger partial charge in [-0.2, -0.15) is 5.26 Å². The fourth-order valence-corrected chi connectivity index (χ4v) is 3.66. The molecule has 1 amide bonds. The largest absolute Gasteiger partial charge is 0.450 e. The Kier molecular flexibility index (Phi) is 6.36. The normalized spacial score (nSPS) is 15.1. The zero-order chi connectivity index (χ0) is 21.7. The summed E-state index contributed by atoms with van der Waals surface area (Å²) in [5.74, 6) is -0.780. The maximum atomic E-state index is 12.5. The molecule has 30 heavy (non-hydrogen) atoms. The monoisotopic (exact) mass is 408 g/mol. The minimum atomic E-state index is -0.828. The van der Waals surface area contributed by atoms with E-state index in [0.29, 0.717) is 29.7 Å². The molecule has 1 saturated carbocycles. The van der Waals surface area contributed by atoms with Crippen molar-refractivity contribution in [1.29, 1.82) is 5.26 Å². The van der Waals surface area contributed by atoms with E-state index in [1.165, 1.54) is 17.9 Å². The number of hydrogen-bond donors (Lipinski definition) is 0. The van der Waals surface area contributed by atoms with Crippen LogP contribution >= 0.6 is 0 Å². The number of carbonyl (C=O) groups is 3. The number of carbonyl (C=O) groups excluding carboxylic acids is 3. The molecule has 0 unspecified atom stereocenters. The van der Waals surface area contributed by atoms with Crippen LogP contribution in [0, 0.1) is 11.3 Å². The second-order valence-corrected chi connectivity index (χ2v) is 7.53. The van der Waals surface area contributed by atoms with Gasteiger partial charge in [0.05, 0.1) is 6.07 Å². The van der Waals surface area contributed by atoms with Gasteiger partial charge in [0.1, 0.15) is 11.3 Å². The number of nitrogens with zero attached hydrogens (tertiary/aromatic N) is 2. The Hall–Kier alpha value is -3.40. The number of furan rings is 1. The van der Waals surface area contributed by atoms with E-state index in [2.05, 4.69) is 6.07 Å². The number of amides is 1. The van der Waals surface area contributed by atoms with E-state index < -0.39 is 24.0 Å². The molecule has 1 aromatic carbocycles. The van der Waals surface area contributed by atoms with Crippen molar-refractivity contribution in [3.05, 3.63) is 47.7 Å². The van der Waals surface area contributed by atoms with Gasteiger partial charge in [-0.1, -0.05) is 43.5 Å². The molecule has 0 N–H and O–H groups in total. The molecule has 1 aliphatic carbocycles. The highest BCUT2D eigenvalue weighted by Gasteiger charge is 2.39. The Bertz CT molecular complexity index is 978. The van der Waals surface area contributed by atoms with Gasteiger partial charge in [-0.3, -0.25) is 9.59 Å². The molecule has 0 bridgehead atoms. The molecule has 156 valence electrons. The fraction of sp³-hybridized carbons (Fsp3) is 0.391. The van der Waals surface area contributed by atoms with Gasteiger partial charge in [-0.05, 0) is 31.9 Å². The van der Waals surface area contributed by atoms with E-state index in [1.807, 2.05) is 0 Å². The summed E-state index contributed by atoms with van der Waals surface area (Å²) in [4.78, 5) is 37.6. The lowest BCUT2D eigenvalue weighted by Crippen LogP contribution is -2.51. The summed E-state index contributed by atoms with van der Waals surface area (Å²) in [5.41, 5.74) is 0.467. The maximum absolute atomic E-state index is 12.5. The molecule has 0 spiro atoms. The molecule has 1 fully saturated rings. The third kappa shape index (κ3) is 4.43. The van der Waals surface area contributed by atoms with Crippen LogP contribution in [0.5, 0.6) is 0 Å². The Labute approximate surface area is 175 Å². The van der Waals surface area contributed by atoms with Crippen molar-refractivity contribution in [3.8, 4) is 17.4 Å². The Morgan fingerprint density at radius 2 is 1.77 bits per heavy atom. The van der Waals surface area contributed by atoms with Gasteiger partial charge < -0.3 is 14.1 Å². The molecule has 0 saturated heterocycles. The molecule has 2 aromatic rings. The maximum Gasteiger partial charge on any atom is 0.374 e. The second kappa shape index (κ2) is 8.95. The number of hydrogen-bond acceptors (Lipinski definition) is 6. The first-order valence-corrected chi connectivity index (χ1v) is 9.92. The molecule has 1 aromatic heterocycles. The summed E-state index contributed by atoms with van der Waals surface area (Å²) < 4.78 is 10.7. The average Bonchev–Trinajstić information content (AvgIpc) is 3.27. The van der Waals surface area contributed by atoms with Crippen molar-refractivity contribution in [2.75, 3.05) is 13.7 Å². The third-order valence-corrected chi connectivity index (χ3v) is 5.61. The number of esters is 1. The van der Waals surface area contributed by atoms with Crippen LogP contribution < -0.4 is 0 Å². The van der Waals surface area contributed by atoms with Crippen molar-refractivity contribution in [3.63, 3.8) is 0 Å². The zero-order valence-corrected chi connectivity index (χ0v) is 17.1. The number of rotatable bonds is 6. The van der Waals surface area contributed by atoms with Crippen LogP contribution in [0.4, 0.5) is 0 Å². The first kappa shape index (κ1) is 21.3. The topological polar surface area (TPSA) is 101 Å². The van der Waals surface area contributed by atoms with E-state index in [-0.39, 0.29) is 11.5 Å². The lowest BCUT2D eigenvalue weighted by atomic mass is 9.81. The SMILES string of the molecule is CC(=O)c1ccc(-c2ccc(C(=O)OCC(=O)N(C)C3(C#N)CCCCC3)o2)cc1. The number of likely N-dealkylation sites (N-methyl/N-ethyl adjacent to an activating group) is 1. The van der Waals surface area contributed by atoms with Crippen LogP contribution in [0.15, 0.2) is 40.8 Å². The molecule has 0 atom stereocenters. The van der Waals surface area contributed by atoms with Crippen LogP contribution in [0.3, 0.4) is 0 Å². The molecule has 0 aliphatic heterocycles. The minimum Gasteiger partial charge on any atom is -0.450 e. The molecule has 7 heteroatoms. The smallest absolute Gasteiger partial charge is 0.374 e. The van der Waals surface area contributed by atoms with E-state index in [4.69, 9.17) is 9.15 Å². The van der Waals surface area contributed by atoms with E-state index >= 15 is 0 Å². The number of benzene rings is 1. The number of ketones is 1. The quantitative estimate of drug-likeness (QED) is 0.529. The second-order valence-electron chi connectivity index (χ2n) is 7.53.